The Hall–Kier alpha value is -1.78. The van der Waals surface area contributed by atoms with Crippen molar-refractivity contribution in [3.05, 3.63) is 17.8 Å². The summed E-state index contributed by atoms with van der Waals surface area (Å²) in [5, 5.41) is 0. The summed E-state index contributed by atoms with van der Waals surface area (Å²) >= 11 is 0. The van der Waals surface area contributed by atoms with Crippen LogP contribution in [0.4, 0.5) is 11.5 Å². The Morgan fingerprint density at radius 2 is 2.24 bits per heavy atom. The van der Waals surface area contributed by atoms with Crippen LogP contribution in [0, 0.1) is 5.92 Å². The van der Waals surface area contributed by atoms with Gasteiger partial charge in [-0.1, -0.05) is 6.92 Å². The second-order valence-corrected chi connectivity index (χ2v) is 4.85. The quantitative estimate of drug-likeness (QED) is 0.799. The van der Waals surface area contributed by atoms with Crippen molar-refractivity contribution in [1.29, 1.82) is 0 Å². The third kappa shape index (κ3) is 2.18. The van der Waals surface area contributed by atoms with Crippen molar-refractivity contribution < 1.29 is 4.79 Å². The minimum absolute atomic E-state index is 0.374. The minimum atomic E-state index is -0.480. The van der Waals surface area contributed by atoms with Gasteiger partial charge >= 0.3 is 0 Å². The van der Waals surface area contributed by atoms with Crippen LogP contribution in [0.3, 0.4) is 0 Å². The van der Waals surface area contributed by atoms with Gasteiger partial charge in [-0.2, -0.15) is 0 Å². The zero-order valence-corrected chi connectivity index (χ0v) is 10.2. The van der Waals surface area contributed by atoms with Gasteiger partial charge in [-0.05, 0) is 25.3 Å². The standard InChI is InChI=1S/C12H18N4O/c1-7-3-8(2)16(6-7)12-10(11(14)17)4-9(13)5-15-12/h4-5,7-8H,3,6,13H2,1-2H3,(H2,14,17). The van der Waals surface area contributed by atoms with Crippen molar-refractivity contribution in [2.45, 2.75) is 26.3 Å². The molecule has 5 nitrogen and oxygen atoms in total. The van der Waals surface area contributed by atoms with Gasteiger partial charge in [0.2, 0.25) is 0 Å². The second kappa shape index (κ2) is 4.24. The van der Waals surface area contributed by atoms with E-state index >= 15 is 0 Å². The minimum Gasteiger partial charge on any atom is -0.397 e. The summed E-state index contributed by atoms with van der Waals surface area (Å²) in [6.07, 6.45) is 2.67. The van der Waals surface area contributed by atoms with Crippen LogP contribution in [0.1, 0.15) is 30.6 Å². The lowest BCUT2D eigenvalue weighted by Crippen LogP contribution is -2.30. The Labute approximate surface area is 101 Å². The van der Waals surface area contributed by atoms with Crippen molar-refractivity contribution in [3.8, 4) is 0 Å². The first-order valence-corrected chi connectivity index (χ1v) is 5.81. The van der Waals surface area contributed by atoms with Crippen LogP contribution in [-0.2, 0) is 0 Å². The molecule has 4 N–H and O–H groups in total. The van der Waals surface area contributed by atoms with Gasteiger partial charge in [0.25, 0.3) is 5.91 Å². The van der Waals surface area contributed by atoms with E-state index in [-0.39, 0.29) is 0 Å². The third-order valence-corrected chi connectivity index (χ3v) is 3.21. The lowest BCUT2D eigenvalue weighted by molar-refractivity contribution is 0.100. The van der Waals surface area contributed by atoms with Crippen molar-refractivity contribution in [3.63, 3.8) is 0 Å². The molecule has 0 aromatic carbocycles. The van der Waals surface area contributed by atoms with E-state index in [2.05, 4.69) is 23.7 Å². The lowest BCUT2D eigenvalue weighted by atomic mass is 10.1. The highest BCUT2D eigenvalue weighted by Crippen LogP contribution is 2.30. The number of primary amides is 1. The van der Waals surface area contributed by atoms with Crippen LogP contribution in [-0.4, -0.2) is 23.5 Å². The normalized spacial score (nSPS) is 24.0. The van der Waals surface area contributed by atoms with E-state index in [1.54, 1.807) is 12.3 Å². The number of nitrogens with zero attached hydrogens (tertiary/aromatic N) is 2. The molecule has 2 unspecified atom stereocenters. The first-order chi connectivity index (χ1) is 7.99. The summed E-state index contributed by atoms with van der Waals surface area (Å²) in [4.78, 5) is 17.8. The summed E-state index contributed by atoms with van der Waals surface area (Å²) in [5.74, 6) is 0.778. The Morgan fingerprint density at radius 3 is 2.76 bits per heavy atom. The molecule has 2 atom stereocenters. The molecule has 92 valence electrons. The summed E-state index contributed by atoms with van der Waals surface area (Å²) in [5.41, 5.74) is 11.9. The van der Waals surface area contributed by atoms with Crippen LogP contribution in [0.15, 0.2) is 12.3 Å². The molecule has 0 spiro atoms. The van der Waals surface area contributed by atoms with Crippen molar-refractivity contribution in [2.24, 2.45) is 11.7 Å². The van der Waals surface area contributed by atoms with E-state index in [0.29, 0.717) is 29.0 Å². The molecular formula is C12H18N4O. The first-order valence-electron chi connectivity index (χ1n) is 5.81. The smallest absolute Gasteiger partial charge is 0.252 e. The molecule has 1 aliphatic heterocycles. The van der Waals surface area contributed by atoms with E-state index < -0.39 is 5.91 Å². The molecule has 0 saturated carbocycles. The zero-order valence-electron chi connectivity index (χ0n) is 10.2. The van der Waals surface area contributed by atoms with E-state index in [4.69, 9.17) is 11.5 Å². The zero-order chi connectivity index (χ0) is 12.6. The van der Waals surface area contributed by atoms with Crippen molar-refractivity contribution >= 4 is 17.4 Å². The lowest BCUT2D eigenvalue weighted by Gasteiger charge is -2.24. The molecule has 5 heteroatoms. The fraction of sp³-hybridized carbons (Fsp3) is 0.500. The summed E-state index contributed by atoms with van der Waals surface area (Å²) in [6, 6.07) is 1.97. The number of nitrogen functional groups attached to an aromatic ring is 1. The molecule has 1 aromatic rings. The van der Waals surface area contributed by atoms with Gasteiger partial charge in [0.05, 0.1) is 17.4 Å². The predicted molar refractivity (Wildman–Crippen MR) is 67.8 cm³/mol. The van der Waals surface area contributed by atoms with Crippen molar-refractivity contribution in [2.75, 3.05) is 17.2 Å². The number of pyridine rings is 1. The number of anilines is 2. The Balaban J connectivity index is 2.41. The van der Waals surface area contributed by atoms with E-state index in [1.165, 1.54) is 0 Å². The number of carbonyl (C=O) groups is 1. The van der Waals surface area contributed by atoms with E-state index in [9.17, 15) is 4.79 Å². The highest BCUT2D eigenvalue weighted by molar-refractivity contribution is 5.98. The number of nitrogens with two attached hydrogens (primary N) is 2. The van der Waals surface area contributed by atoms with Gasteiger partial charge < -0.3 is 16.4 Å². The molecule has 1 aromatic heterocycles. The number of hydrogen-bond donors (Lipinski definition) is 2. The SMILES string of the molecule is CC1CC(C)N(c2ncc(N)cc2C(N)=O)C1. The predicted octanol–water partition coefficient (Wildman–Crippen LogP) is 0.997. The Kier molecular flexibility index (Phi) is 2.92. The molecule has 17 heavy (non-hydrogen) atoms. The molecule has 1 aliphatic rings. The molecular weight excluding hydrogens is 216 g/mol. The molecule has 0 aliphatic carbocycles. The number of aromatic nitrogens is 1. The third-order valence-electron chi connectivity index (χ3n) is 3.21. The first kappa shape index (κ1) is 11.7. The molecule has 2 rings (SSSR count). The van der Waals surface area contributed by atoms with E-state index in [0.717, 1.165) is 13.0 Å². The van der Waals surface area contributed by atoms with Crippen LogP contribution >= 0.6 is 0 Å². The fourth-order valence-electron chi connectivity index (χ4n) is 2.48. The molecule has 0 bridgehead atoms. The molecule has 1 amide bonds. The number of rotatable bonds is 2. The largest absolute Gasteiger partial charge is 0.397 e. The Bertz CT molecular complexity index is 446. The average Bonchev–Trinajstić information content (AvgIpc) is 2.57. The van der Waals surface area contributed by atoms with Crippen LogP contribution in [0.2, 0.25) is 0 Å². The summed E-state index contributed by atoms with van der Waals surface area (Å²) in [6.45, 7) is 5.22. The molecule has 0 radical (unpaired) electrons. The fourth-order valence-corrected chi connectivity index (χ4v) is 2.48. The highest BCUT2D eigenvalue weighted by atomic mass is 16.1. The van der Waals surface area contributed by atoms with E-state index in [1.807, 2.05) is 0 Å². The number of carbonyl (C=O) groups excluding carboxylic acids is 1. The van der Waals surface area contributed by atoms with Crippen LogP contribution in [0.25, 0.3) is 0 Å². The van der Waals surface area contributed by atoms with Gasteiger partial charge in [0, 0.05) is 12.6 Å². The summed E-state index contributed by atoms with van der Waals surface area (Å²) < 4.78 is 0. The van der Waals surface area contributed by atoms with Crippen molar-refractivity contribution in [1.82, 2.24) is 4.98 Å². The highest BCUT2D eigenvalue weighted by Gasteiger charge is 2.29. The number of hydrogen-bond acceptors (Lipinski definition) is 4. The van der Waals surface area contributed by atoms with Crippen LogP contribution in [0.5, 0.6) is 0 Å². The van der Waals surface area contributed by atoms with Gasteiger partial charge in [0.1, 0.15) is 5.82 Å². The second-order valence-electron chi connectivity index (χ2n) is 4.85. The van der Waals surface area contributed by atoms with Gasteiger partial charge in [-0.3, -0.25) is 4.79 Å². The Morgan fingerprint density at radius 1 is 1.53 bits per heavy atom. The molecule has 1 saturated heterocycles. The molecule has 1 fully saturated rings. The maximum Gasteiger partial charge on any atom is 0.252 e. The average molecular weight is 234 g/mol. The van der Waals surface area contributed by atoms with Gasteiger partial charge in [0.15, 0.2) is 0 Å². The van der Waals surface area contributed by atoms with Gasteiger partial charge in [-0.25, -0.2) is 4.98 Å². The van der Waals surface area contributed by atoms with Gasteiger partial charge in [-0.15, -0.1) is 0 Å². The van der Waals surface area contributed by atoms with Crippen LogP contribution < -0.4 is 16.4 Å². The monoisotopic (exact) mass is 234 g/mol. The summed E-state index contributed by atoms with van der Waals surface area (Å²) in [7, 11) is 0. The molecule has 2 heterocycles. The number of amides is 1. The maximum absolute atomic E-state index is 11.4. The topological polar surface area (TPSA) is 85.2 Å². The maximum atomic E-state index is 11.4.